The zero-order valence-corrected chi connectivity index (χ0v) is 10.6. The topological polar surface area (TPSA) is 26.0 Å². The van der Waals surface area contributed by atoms with Crippen molar-refractivity contribution < 1.29 is 4.42 Å². The fraction of sp³-hybridized carbons (Fsp3) is 0.100. The number of oxazole rings is 1. The van der Waals surface area contributed by atoms with Gasteiger partial charge in [0.25, 0.3) is 0 Å². The molecule has 0 spiro atoms. The van der Waals surface area contributed by atoms with Crippen LogP contribution in [-0.4, -0.2) is 4.98 Å². The van der Waals surface area contributed by atoms with E-state index in [1.165, 1.54) is 6.26 Å². The normalized spacial score (nSPS) is 10.6. The quantitative estimate of drug-likeness (QED) is 0.764. The van der Waals surface area contributed by atoms with Crippen LogP contribution in [0, 0.1) is 0 Å². The van der Waals surface area contributed by atoms with Gasteiger partial charge < -0.3 is 4.42 Å². The number of rotatable bonds is 2. The number of halogens is 3. The largest absolute Gasteiger partial charge is 0.444 e. The van der Waals surface area contributed by atoms with Crippen LogP contribution in [0.3, 0.4) is 0 Å². The predicted molar refractivity (Wildman–Crippen MR) is 64.2 cm³/mol. The van der Waals surface area contributed by atoms with Crippen molar-refractivity contribution in [2.24, 2.45) is 0 Å². The maximum atomic E-state index is 5.89. The van der Waals surface area contributed by atoms with Gasteiger partial charge in [-0.15, -0.1) is 11.6 Å². The van der Waals surface area contributed by atoms with Crippen molar-refractivity contribution in [1.29, 1.82) is 0 Å². The molecule has 0 aliphatic rings. The molecular weight excluding hydrogens is 301 g/mol. The molecule has 1 heterocycles. The maximum Gasteiger partial charge on any atom is 0.227 e. The van der Waals surface area contributed by atoms with Crippen LogP contribution in [0.5, 0.6) is 0 Å². The minimum absolute atomic E-state index is 0.335. The molecular formula is C10H6BrCl2NO. The summed E-state index contributed by atoms with van der Waals surface area (Å²) in [4.78, 5) is 4.21. The van der Waals surface area contributed by atoms with Gasteiger partial charge in [-0.3, -0.25) is 0 Å². The third-order valence-corrected chi connectivity index (χ3v) is 3.05. The Morgan fingerprint density at radius 3 is 2.87 bits per heavy atom. The molecule has 2 aromatic rings. The van der Waals surface area contributed by atoms with Gasteiger partial charge in [0.15, 0.2) is 0 Å². The van der Waals surface area contributed by atoms with Gasteiger partial charge in [-0.25, -0.2) is 4.98 Å². The number of hydrogen-bond donors (Lipinski definition) is 0. The lowest BCUT2D eigenvalue weighted by atomic mass is 10.2. The van der Waals surface area contributed by atoms with Crippen molar-refractivity contribution in [2.75, 3.05) is 0 Å². The van der Waals surface area contributed by atoms with Gasteiger partial charge in [-0.05, 0) is 34.1 Å². The van der Waals surface area contributed by atoms with E-state index < -0.39 is 0 Å². The Balaban J connectivity index is 2.48. The van der Waals surface area contributed by atoms with Crippen LogP contribution in [-0.2, 0) is 5.88 Å². The Morgan fingerprint density at radius 2 is 2.20 bits per heavy atom. The van der Waals surface area contributed by atoms with Crippen molar-refractivity contribution >= 4 is 39.1 Å². The second-order valence-corrected chi connectivity index (χ2v) is 4.46. The van der Waals surface area contributed by atoms with Crippen molar-refractivity contribution in [3.63, 3.8) is 0 Å². The molecule has 78 valence electrons. The molecule has 0 radical (unpaired) electrons. The van der Waals surface area contributed by atoms with Crippen LogP contribution in [0.15, 0.2) is 33.4 Å². The summed E-state index contributed by atoms with van der Waals surface area (Å²) in [6.07, 6.45) is 1.54. The highest BCUT2D eigenvalue weighted by Gasteiger charge is 2.10. The first kappa shape index (κ1) is 11.0. The first-order valence-electron chi connectivity index (χ1n) is 4.16. The number of aromatic nitrogens is 1. The van der Waals surface area contributed by atoms with E-state index in [9.17, 15) is 0 Å². The second-order valence-electron chi connectivity index (χ2n) is 2.90. The van der Waals surface area contributed by atoms with Crippen molar-refractivity contribution in [2.45, 2.75) is 5.88 Å². The van der Waals surface area contributed by atoms with E-state index in [-0.39, 0.29) is 0 Å². The molecule has 0 saturated heterocycles. The summed E-state index contributed by atoms with van der Waals surface area (Å²) in [5.41, 5.74) is 1.53. The molecule has 0 aliphatic heterocycles. The van der Waals surface area contributed by atoms with Gasteiger partial charge in [-0.1, -0.05) is 11.6 Å². The summed E-state index contributed by atoms with van der Waals surface area (Å²) in [5, 5.41) is 0.638. The SMILES string of the molecule is ClCc1coc(-c2cc(Cl)ccc2Br)n1. The molecule has 1 aromatic carbocycles. The zero-order valence-electron chi connectivity index (χ0n) is 7.51. The van der Waals surface area contributed by atoms with Crippen LogP contribution < -0.4 is 0 Å². The van der Waals surface area contributed by atoms with Crippen LogP contribution in [0.2, 0.25) is 5.02 Å². The third kappa shape index (κ3) is 2.36. The fourth-order valence-corrected chi connectivity index (χ4v) is 1.86. The first-order valence-corrected chi connectivity index (χ1v) is 5.87. The molecule has 15 heavy (non-hydrogen) atoms. The molecule has 2 nitrogen and oxygen atoms in total. The maximum absolute atomic E-state index is 5.89. The number of benzene rings is 1. The molecule has 0 bridgehead atoms. The lowest BCUT2D eigenvalue weighted by Crippen LogP contribution is -1.81. The van der Waals surface area contributed by atoms with Crippen molar-refractivity contribution in [1.82, 2.24) is 4.98 Å². The number of nitrogens with zero attached hydrogens (tertiary/aromatic N) is 1. The van der Waals surface area contributed by atoms with E-state index in [0.717, 1.165) is 10.0 Å². The molecule has 0 atom stereocenters. The van der Waals surface area contributed by atoms with E-state index in [4.69, 9.17) is 27.6 Å². The van der Waals surface area contributed by atoms with Crippen LogP contribution in [0.1, 0.15) is 5.69 Å². The monoisotopic (exact) mass is 305 g/mol. The van der Waals surface area contributed by atoms with Gasteiger partial charge in [0.05, 0.1) is 17.1 Å². The van der Waals surface area contributed by atoms with E-state index >= 15 is 0 Å². The smallest absolute Gasteiger partial charge is 0.227 e. The summed E-state index contributed by atoms with van der Waals surface area (Å²) >= 11 is 14.9. The van der Waals surface area contributed by atoms with Gasteiger partial charge in [0.1, 0.15) is 6.26 Å². The molecule has 0 fully saturated rings. The minimum Gasteiger partial charge on any atom is -0.444 e. The Kier molecular flexibility index (Phi) is 3.34. The zero-order chi connectivity index (χ0) is 10.8. The van der Waals surface area contributed by atoms with E-state index in [0.29, 0.717) is 22.5 Å². The molecule has 5 heteroatoms. The highest BCUT2D eigenvalue weighted by Crippen LogP contribution is 2.30. The van der Waals surface area contributed by atoms with Gasteiger partial charge in [-0.2, -0.15) is 0 Å². The van der Waals surface area contributed by atoms with E-state index in [2.05, 4.69) is 20.9 Å². The van der Waals surface area contributed by atoms with Crippen LogP contribution >= 0.6 is 39.1 Å². The summed E-state index contributed by atoms with van der Waals surface area (Å²) in [6.45, 7) is 0. The Bertz CT molecular complexity index is 484. The molecule has 0 amide bonds. The molecule has 0 unspecified atom stereocenters. The average molecular weight is 307 g/mol. The Morgan fingerprint density at radius 1 is 1.40 bits per heavy atom. The third-order valence-electron chi connectivity index (χ3n) is 1.85. The van der Waals surface area contributed by atoms with E-state index in [1.54, 1.807) is 12.1 Å². The predicted octanol–water partition coefficient (Wildman–Crippen LogP) is 4.50. The molecule has 0 saturated carbocycles. The number of hydrogen-bond acceptors (Lipinski definition) is 2. The van der Waals surface area contributed by atoms with Gasteiger partial charge in [0.2, 0.25) is 5.89 Å². The molecule has 0 aliphatic carbocycles. The highest BCUT2D eigenvalue weighted by atomic mass is 79.9. The lowest BCUT2D eigenvalue weighted by molar-refractivity contribution is 0.573. The fourth-order valence-electron chi connectivity index (χ4n) is 1.15. The standard InChI is InChI=1S/C10H6BrCl2NO/c11-9-2-1-6(13)3-8(9)10-14-7(4-12)5-15-10/h1-3,5H,4H2. The highest BCUT2D eigenvalue weighted by molar-refractivity contribution is 9.10. The van der Waals surface area contributed by atoms with Crippen molar-refractivity contribution in [3.05, 3.63) is 39.7 Å². The van der Waals surface area contributed by atoms with Gasteiger partial charge in [0, 0.05) is 9.50 Å². The van der Waals surface area contributed by atoms with Crippen molar-refractivity contribution in [3.8, 4) is 11.5 Å². The summed E-state index contributed by atoms with van der Waals surface area (Å²) in [6, 6.07) is 5.43. The van der Waals surface area contributed by atoms with Gasteiger partial charge >= 0.3 is 0 Å². The average Bonchev–Trinajstić information content (AvgIpc) is 2.70. The van der Waals surface area contributed by atoms with Crippen LogP contribution in [0.25, 0.3) is 11.5 Å². The molecule has 2 rings (SSSR count). The van der Waals surface area contributed by atoms with Crippen LogP contribution in [0.4, 0.5) is 0 Å². The Hall–Kier alpha value is -0.510. The van der Waals surface area contributed by atoms with E-state index in [1.807, 2.05) is 6.07 Å². The number of alkyl halides is 1. The Labute approximate surface area is 105 Å². The lowest BCUT2D eigenvalue weighted by Gasteiger charge is -1.99. The molecule has 0 N–H and O–H groups in total. The molecule has 1 aromatic heterocycles. The first-order chi connectivity index (χ1) is 7.20. The second kappa shape index (κ2) is 4.56. The summed E-state index contributed by atoms with van der Waals surface area (Å²) in [5.74, 6) is 0.849. The summed E-state index contributed by atoms with van der Waals surface area (Å²) < 4.78 is 6.18. The summed E-state index contributed by atoms with van der Waals surface area (Å²) in [7, 11) is 0. The minimum atomic E-state index is 0.335.